The minimum Gasteiger partial charge on any atom is -0.358 e. The topological polar surface area (TPSA) is 46.2 Å². The molecule has 0 aromatic heterocycles. The highest BCUT2D eigenvalue weighted by molar-refractivity contribution is 9.10. The van der Waals surface area contributed by atoms with E-state index in [0.29, 0.717) is 17.6 Å². The molecule has 0 bridgehead atoms. The summed E-state index contributed by atoms with van der Waals surface area (Å²) in [6.45, 7) is 4.25. The first-order valence-corrected chi connectivity index (χ1v) is 10.3. The molecule has 2 aliphatic carbocycles. The number of hydrogen-bond donors (Lipinski definition) is 1. The van der Waals surface area contributed by atoms with E-state index in [9.17, 15) is 9.59 Å². The molecule has 0 saturated heterocycles. The summed E-state index contributed by atoms with van der Waals surface area (Å²) in [5.74, 6) is -0.168. The maximum absolute atomic E-state index is 13.4. The lowest BCUT2D eigenvalue weighted by atomic mass is 9.68. The Hall–Kier alpha value is -2.46. The van der Waals surface area contributed by atoms with Crippen LogP contribution in [0.15, 0.2) is 69.8 Å². The molecule has 0 amide bonds. The summed E-state index contributed by atoms with van der Waals surface area (Å²) in [4.78, 5) is 26.6. The normalized spacial score (nSPS) is 22.6. The van der Waals surface area contributed by atoms with E-state index < -0.39 is 0 Å². The van der Waals surface area contributed by atoms with Crippen LogP contribution in [-0.2, 0) is 4.79 Å². The minimum absolute atomic E-state index is 0.0206. The summed E-state index contributed by atoms with van der Waals surface area (Å²) in [6.07, 6.45) is 1.30. The van der Waals surface area contributed by atoms with Gasteiger partial charge in [0.1, 0.15) is 0 Å². The van der Waals surface area contributed by atoms with Crippen molar-refractivity contribution < 1.29 is 9.59 Å². The van der Waals surface area contributed by atoms with Gasteiger partial charge in [-0.3, -0.25) is 9.59 Å². The molecule has 1 N–H and O–H groups in total. The van der Waals surface area contributed by atoms with E-state index in [1.807, 2.05) is 48.5 Å². The molecular weight excluding hydrogens is 414 g/mol. The minimum atomic E-state index is -0.327. The Morgan fingerprint density at radius 2 is 1.71 bits per heavy atom. The van der Waals surface area contributed by atoms with Crippen LogP contribution in [0.25, 0.3) is 5.70 Å². The van der Waals surface area contributed by atoms with Gasteiger partial charge < -0.3 is 5.32 Å². The molecular formula is C24H20BrNO2. The third-order valence-corrected chi connectivity index (χ3v) is 6.40. The Morgan fingerprint density at radius 3 is 2.46 bits per heavy atom. The second kappa shape index (κ2) is 6.02. The maximum atomic E-state index is 13.4. The number of fused-ring (bicyclic) bond motifs is 2. The first-order valence-electron chi connectivity index (χ1n) is 9.53. The zero-order valence-electron chi connectivity index (χ0n) is 15.8. The van der Waals surface area contributed by atoms with Crippen molar-refractivity contribution in [3.05, 3.63) is 86.5 Å². The van der Waals surface area contributed by atoms with Gasteiger partial charge in [-0.2, -0.15) is 0 Å². The quantitative estimate of drug-likeness (QED) is 0.655. The van der Waals surface area contributed by atoms with Gasteiger partial charge in [0.15, 0.2) is 11.6 Å². The monoisotopic (exact) mass is 433 g/mol. The molecule has 1 atom stereocenters. The van der Waals surface area contributed by atoms with Crippen LogP contribution in [0.1, 0.15) is 54.1 Å². The van der Waals surface area contributed by atoms with Gasteiger partial charge in [-0.05, 0) is 29.5 Å². The summed E-state index contributed by atoms with van der Waals surface area (Å²) in [5, 5.41) is 3.51. The lowest BCUT2D eigenvalue weighted by Crippen LogP contribution is -2.37. The van der Waals surface area contributed by atoms with E-state index in [4.69, 9.17) is 0 Å². The predicted octanol–water partition coefficient (Wildman–Crippen LogP) is 5.39. The number of nitrogens with one attached hydrogen (secondary N) is 1. The van der Waals surface area contributed by atoms with Gasteiger partial charge >= 0.3 is 0 Å². The number of carbonyl (C=O) groups excluding carboxylic acids is 2. The molecule has 0 spiro atoms. The number of ketones is 2. The summed E-state index contributed by atoms with van der Waals surface area (Å²) < 4.78 is 0.944. The summed E-state index contributed by atoms with van der Waals surface area (Å²) in [7, 11) is 0. The molecule has 2 aromatic carbocycles. The first-order chi connectivity index (χ1) is 13.4. The van der Waals surface area contributed by atoms with Gasteiger partial charge in [0.25, 0.3) is 0 Å². The molecule has 5 rings (SSSR count). The van der Waals surface area contributed by atoms with Crippen molar-refractivity contribution in [2.24, 2.45) is 5.41 Å². The van der Waals surface area contributed by atoms with Crippen LogP contribution in [0.4, 0.5) is 0 Å². The van der Waals surface area contributed by atoms with Crippen LogP contribution < -0.4 is 5.32 Å². The van der Waals surface area contributed by atoms with Gasteiger partial charge in [0.2, 0.25) is 0 Å². The third kappa shape index (κ3) is 2.55. The van der Waals surface area contributed by atoms with E-state index in [1.165, 1.54) is 0 Å². The van der Waals surface area contributed by atoms with E-state index in [1.54, 1.807) is 0 Å². The molecule has 1 heterocycles. The highest BCUT2D eigenvalue weighted by Gasteiger charge is 2.46. The fourth-order valence-corrected chi connectivity index (χ4v) is 5.23. The Balaban J connectivity index is 1.76. The molecule has 140 valence electrons. The van der Waals surface area contributed by atoms with Crippen molar-refractivity contribution in [3.8, 4) is 0 Å². The third-order valence-electron chi connectivity index (χ3n) is 5.91. The molecule has 3 aliphatic rings. The van der Waals surface area contributed by atoms with Gasteiger partial charge in [-0.1, -0.05) is 66.2 Å². The standard InChI is InChI=1S/C24H20BrNO2/c1-24(2)11-17-20(18(27)12-24)19(13-6-5-7-14(25)10-13)21-22(26-17)15-8-3-4-9-16(15)23(21)28/h3-10,19,26H,11-12H2,1-2H3/t19-/m1/s1. The van der Waals surface area contributed by atoms with Gasteiger partial charge in [0.05, 0.1) is 5.70 Å². The fraction of sp³-hybridized carbons (Fsp3) is 0.250. The molecule has 4 heteroatoms. The SMILES string of the molecule is CC1(C)CC(=O)C2=C(C1)NC1=C(C(=O)c3ccccc31)[C@@H]2c1cccc(Br)c1. The maximum Gasteiger partial charge on any atom is 0.192 e. The number of dihydropyridines is 1. The number of Topliss-reactive ketones (excluding diaryl/α,β-unsaturated/α-hetero) is 2. The largest absolute Gasteiger partial charge is 0.358 e. The molecule has 3 nitrogen and oxygen atoms in total. The van der Waals surface area contributed by atoms with Crippen LogP contribution in [-0.4, -0.2) is 11.6 Å². The van der Waals surface area contributed by atoms with Gasteiger partial charge in [0, 0.05) is 44.8 Å². The lowest BCUT2D eigenvalue weighted by molar-refractivity contribution is -0.118. The average Bonchev–Trinajstić information content (AvgIpc) is 2.92. The van der Waals surface area contributed by atoms with E-state index in [0.717, 1.165) is 39.0 Å². The second-order valence-electron chi connectivity index (χ2n) is 8.61. The highest BCUT2D eigenvalue weighted by atomic mass is 79.9. The van der Waals surface area contributed by atoms with Crippen LogP contribution in [0.2, 0.25) is 0 Å². The molecule has 2 aromatic rings. The van der Waals surface area contributed by atoms with Crippen LogP contribution in [0.5, 0.6) is 0 Å². The zero-order chi connectivity index (χ0) is 19.6. The van der Waals surface area contributed by atoms with E-state index >= 15 is 0 Å². The molecule has 0 unspecified atom stereocenters. The molecule has 0 saturated carbocycles. The summed E-state index contributed by atoms with van der Waals surface area (Å²) in [6, 6.07) is 15.7. The number of allylic oxidation sites excluding steroid dienone is 3. The number of benzene rings is 2. The molecule has 0 radical (unpaired) electrons. The van der Waals surface area contributed by atoms with Gasteiger partial charge in [-0.15, -0.1) is 0 Å². The van der Waals surface area contributed by atoms with Crippen LogP contribution in [0, 0.1) is 5.41 Å². The van der Waals surface area contributed by atoms with Crippen molar-refractivity contribution >= 4 is 33.2 Å². The van der Waals surface area contributed by atoms with E-state index in [-0.39, 0.29) is 22.9 Å². The van der Waals surface area contributed by atoms with Crippen molar-refractivity contribution in [1.82, 2.24) is 5.32 Å². The van der Waals surface area contributed by atoms with E-state index in [2.05, 4.69) is 35.1 Å². The molecule has 1 aliphatic heterocycles. The number of hydrogen-bond acceptors (Lipinski definition) is 3. The zero-order valence-corrected chi connectivity index (χ0v) is 17.4. The van der Waals surface area contributed by atoms with Gasteiger partial charge in [-0.25, -0.2) is 0 Å². The molecule has 0 fully saturated rings. The van der Waals surface area contributed by atoms with Crippen LogP contribution in [0.3, 0.4) is 0 Å². The fourth-order valence-electron chi connectivity index (χ4n) is 4.81. The summed E-state index contributed by atoms with van der Waals surface area (Å²) in [5.41, 5.74) is 5.83. The number of rotatable bonds is 1. The smallest absolute Gasteiger partial charge is 0.192 e. The molecule has 28 heavy (non-hydrogen) atoms. The number of carbonyl (C=O) groups is 2. The van der Waals surface area contributed by atoms with Crippen molar-refractivity contribution in [3.63, 3.8) is 0 Å². The van der Waals surface area contributed by atoms with Crippen molar-refractivity contribution in [2.75, 3.05) is 0 Å². The second-order valence-corrected chi connectivity index (χ2v) is 9.53. The first kappa shape index (κ1) is 17.6. The predicted molar refractivity (Wildman–Crippen MR) is 113 cm³/mol. The van der Waals surface area contributed by atoms with Crippen LogP contribution >= 0.6 is 15.9 Å². The Kier molecular flexibility index (Phi) is 3.79. The highest BCUT2D eigenvalue weighted by Crippen LogP contribution is 2.51. The summed E-state index contributed by atoms with van der Waals surface area (Å²) >= 11 is 3.55. The Bertz CT molecular complexity index is 1120. The average molecular weight is 434 g/mol. The lowest BCUT2D eigenvalue weighted by Gasteiger charge is -2.39. The Labute approximate surface area is 172 Å². The Morgan fingerprint density at radius 1 is 0.964 bits per heavy atom. The number of halogens is 1. The van der Waals surface area contributed by atoms with Crippen molar-refractivity contribution in [2.45, 2.75) is 32.6 Å². The van der Waals surface area contributed by atoms with Crippen molar-refractivity contribution in [1.29, 1.82) is 0 Å².